The molecule has 9 rings (SSSR count). The Morgan fingerprint density at radius 2 is 1.17 bits per heavy atom. The van der Waals surface area contributed by atoms with Gasteiger partial charge in [0.1, 0.15) is 6.07 Å². The van der Waals surface area contributed by atoms with Crippen LogP contribution in [0.3, 0.4) is 0 Å². The summed E-state index contributed by atoms with van der Waals surface area (Å²) in [6.45, 7) is 4.60. The lowest BCUT2D eigenvalue weighted by Gasteiger charge is -2.21. The van der Waals surface area contributed by atoms with E-state index in [0.29, 0.717) is 23.0 Å². The van der Waals surface area contributed by atoms with Crippen LogP contribution in [-0.2, 0) is 5.41 Å². The normalized spacial score (nSPS) is 12.9. The van der Waals surface area contributed by atoms with E-state index in [0.717, 1.165) is 38.8 Å². The van der Waals surface area contributed by atoms with Gasteiger partial charge in [-0.25, -0.2) is 15.0 Å². The summed E-state index contributed by atoms with van der Waals surface area (Å²) in [5.41, 5.74) is 11.0. The Morgan fingerprint density at radius 3 is 1.85 bits per heavy atom. The summed E-state index contributed by atoms with van der Waals surface area (Å²) in [5, 5.41) is 13.0. The third-order valence-electron chi connectivity index (χ3n) is 9.70. The second-order valence-corrected chi connectivity index (χ2v) is 12.8. The van der Waals surface area contributed by atoms with Crippen LogP contribution in [0.15, 0.2) is 140 Å². The molecule has 0 saturated carbocycles. The van der Waals surface area contributed by atoms with Crippen LogP contribution in [0.1, 0.15) is 30.5 Å². The van der Waals surface area contributed by atoms with Gasteiger partial charge >= 0.3 is 0 Å². The van der Waals surface area contributed by atoms with Crippen molar-refractivity contribution in [3.63, 3.8) is 0 Å². The first kappa shape index (κ1) is 27.9. The molecule has 226 valence electrons. The highest BCUT2D eigenvalue weighted by molar-refractivity contribution is 6.15. The van der Waals surface area contributed by atoms with E-state index in [-0.39, 0.29) is 5.41 Å². The molecule has 0 fully saturated rings. The van der Waals surface area contributed by atoms with Crippen molar-refractivity contribution in [2.75, 3.05) is 0 Å². The molecule has 0 radical (unpaired) electrons. The second-order valence-electron chi connectivity index (χ2n) is 12.8. The molecule has 6 aromatic carbocycles. The van der Waals surface area contributed by atoms with E-state index >= 15 is 0 Å². The van der Waals surface area contributed by atoms with E-state index < -0.39 is 0 Å². The summed E-state index contributed by atoms with van der Waals surface area (Å²) in [6.07, 6.45) is 0. The third-order valence-corrected chi connectivity index (χ3v) is 9.70. The Balaban J connectivity index is 1.29. The molecule has 0 spiro atoms. The lowest BCUT2D eigenvalue weighted by molar-refractivity contribution is 0.661. The summed E-state index contributed by atoms with van der Waals surface area (Å²) in [6, 6.07) is 50.1. The van der Waals surface area contributed by atoms with Crippen LogP contribution in [0.25, 0.3) is 72.8 Å². The number of hydrogen-bond donors (Lipinski definition) is 0. The van der Waals surface area contributed by atoms with Gasteiger partial charge in [-0.15, -0.1) is 0 Å². The Bertz CT molecular complexity index is 2530. The van der Waals surface area contributed by atoms with Gasteiger partial charge < -0.3 is 4.57 Å². The van der Waals surface area contributed by atoms with Gasteiger partial charge in [0, 0.05) is 38.4 Å². The van der Waals surface area contributed by atoms with Gasteiger partial charge in [-0.3, -0.25) is 0 Å². The van der Waals surface area contributed by atoms with Crippen molar-refractivity contribution in [1.82, 2.24) is 19.5 Å². The number of benzene rings is 6. The smallest absolute Gasteiger partial charge is 0.164 e. The largest absolute Gasteiger partial charge is 0.307 e. The minimum Gasteiger partial charge on any atom is -0.307 e. The lowest BCUT2D eigenvalue weighted by atomic mass is 9.82. The molecule has 2 heterocycles. The molecule has 0 aliphatic heterocycles. The highest BCUT2D eigenvalue weighted by Crippen LogP contribution is 2.53. The molecule has 1 aliphatic rings. The van der Waals surface area contributed by atoms with Crippen molar-refractivity contribution in [3.05, 3.63) is 156 Å². The van der Waals surface area contributed by atoms with Gasteiger partial charge in [-0.05, 0) is 41.0 Å². The van der Waals surface area contributed by atoms with E-state index in [4.69, 9.17) is 15.0 Å². The van der Waals surface area contributed by atoms with E-state index in [1.807, 2.05) is 78.9 Å². The molecule has 0 bridgehead atoms. The fourth-order valence-electron chi connectivity index (χ4n) is 7.39. The Morgan fingerprint density at radius 1 is 0.562 bits per heavy atom. The lowest BCUT2D eigenvalue weighted by Crippen LogP contribution is -2.14. The molecule has 0 unspecified atom stereocenters. The SMILES string of the molecule is CC1(C)c2ccccc2-c2c1ccc1c3ccccc3n(-c3ccc(-c4nc(-c5ccccc5)nc(-c5ccccc5)n4)cc3C#N)c21. The summed E-state index contributed by atoms with van der Waals surface area (Å²) in [4.78, 5) is 14.7. The van der Waals surface area contributed by atoms with Crippen molar-refractivity contribution in [3.8, 4) is 57.0 Å². The topological polar surface area (TPSA) is 67.4 Å². The van der Waals surface area contributed by atoms with Gasteiger partial charge in [0.25, 0.3) is 0 Å². The van der Waals surface area contributed by atoms with Gasteiger partial charge in [-0.1, -0.05) is 129 Å². The molecule has 1 aliphatic carbocycles. The van der Waals surface area contributed by atoms with Crippen LogP contribution in [0.5, 0.6) is 0 Å². The van der Waals surface area contributed by atoms with E-state index in [1.165, 1.54) is 27.6 Å². The molecule has 0 N–H and O–H groups in total. The van der Waals surface area contributed by atoms with E-state index in [9.17, 15) is 5.26 Å². The molecule has 48 heavy (non-hydrogen) atoms. The maximum Gasteiger partial charge on any atom is 0.164 e. The zero-order valence-corrected chi connectivity index (χ0v) is 26.5. The van der Waals surface area contributed by atoms with Crippen molar-refractivity contribution >= 4 is 21.8 Å². The molecule has 0 saturated heterocycles. The average Bonchev–Trinajstić information content (AvgIpc) is 3.60. The fourth-order valence-corrected chi connectivity index (χ4v) is 7.39. The third kappa shape index (κ3) is 4.13. The van der Waals surface area contributed by atoms with Crippen molar-refractivity contribution in [1.29, 1.82) is 5.26 Å². The predicted octanol–water partition coefficient (Wildman–Crippen LogP) is 10.1. The monoisotopic (exact) mass is 615 g/mol. The number of fused-ring (bicyclic) bond motifs is 7. The first-order chi connectivity index (χ1) is 23.5. The molecular weight excluding hydrogens is 587 g/mol. The number of nitriles is 1. The zero-order valence-electron chi connectivity index (χ0n) is 26.5. The van der Waals surface area contributed by atoms with Gasteiger partial charge in [0.05, 0.1) is 22.3 Å². The highest BCUT2D eigenvalue weighted by atomic mass is 15.0. The predicted molar refractivity (Wildman–Crippen MR) is 193 cm³/mol. The van der Waals surface area contributed by atoms with Crippen molar-refractivity contribution < 1.29 is 0 Å². The van der Waals surface area contributed by atoms with E-state index in [2.05, 4.69) is 85.1 Å². The maximum atomic E-state index is 10.7. The number of aromatic nitrogens is 4. The highest BCUT2D eigenvalue weighted by Gasteiger charge is 2.37. The van der Waals surface area contributed by atoms with Crippen LogP contribution >= 0.6 is 0 Å². The molecule has 5 heteroatoms. The molecule has 5 nitrogen and oxygen atoms in total. The fraction of sp³-hybridized carbons (Fsp3) is 0.0698. The molecule has 2 aromatic heterocycles. The van der Waals surface area contributed by atoms with Gasteiger partial charge in [0.2, 0.25) is 0 Å². The minimum absolute atomic E-state index is 0.144. The van der Waals surface area contributed by atoms with Crippen molar-refractivity contribution in [2.24, 2.45) is 0 Å². The number of rotatable bonds is 4. The van der Waals surface area contributed by atoms with Gasteiger partial charge in [-0.2, -0.15) is 5.26 Å². The summed E-state index contributed by atoms with van der Waals surface area (Å²) in [7, 11) is 0. The van der Waals surface area contributed by atoms with Crippen LogP contribution in [0.4, 0.5) is 0 Å². The molecular formula is C43H29N5. The molecule has 8 aromatic rings. The Kier molecular flexibility index (Phi) is 6.15. The number of nitrogens with zero attached hydrogens (tertiary/aromatic N) is 5. The number of para-hydroxylation sites is 1. The Labute approximate surface area is 278 Å². The van der Waals surface area contributed by atoms with E-state index in [1.54, 1.807) is 0 Å². The molecule has 0 amide bonds. The average molecular weight is 616 g/mol. The van der Waals surface area contributed by atoms with Gasteiger partial charge in [0.15, 0.2) is 17.5 Å². The van der Waals surface area contributed by atoms with Crippen LogP contribution < -0.4 is 0 Å². The second kappa shape index (κ2) is 10.6. The number of hydrogen-bond acceptors (Lipinski definition) is 4. The minimum atomic E-state index is -0.144. The van der Waals surface area contributed by atoms with Crippen LogP contribution in [0.2, 0.25) is 0 Å². The summed E-state index contributed by atoms with van der Waals surface area (Å²) < 4.78 is 2.28. The summed E-state index contributed by atoms with van der Waals surface area (Å²) in [5.74, 6) is 1.69. The van der Waals surface area contributed by atoms with Crippen LogP contribution in [0, 0.1) is 11.3 Å². The molecule has 0 atom stereocenters. The Hall–Kier alpha value is -6.38. The maximum absolute atomic E-state index is 10.7. The van der Waals surface area contributed by atoms with Crippen LogP contribution in [-0.4, -0.2) is 19.5 Å². The quantitative estimate of drug-likeness (QED) is 0.198. The summed E-state index contributed by atoms with van der Waals surface area (Å²) >= 11 is 0. The zero-order chi connectivity index (χ0) is 32.4. The van der Waals surface area contributed by atoms with Crippen molar-refractivity contribution in [2.45, 2.75) is 19.3 Å². The standard InChI is InChI=1S/C43H29N5/c1-43(2)34-19-11-9-18-33(34)38-35(43)23-22-32-31-17-10-12-20-37(31)48(39(32)38)36-24-21-29(25-30(36)26-44)42-46-40(27-13-5-3-6-14-27)45-41(47-42)28-15-7-4-8-16-28/h3-25H,1-2H3. The first-order valence-electron chi connectivity index (χ1n) is 16.1. The first-order valence-corrected chi connectivity index (χ1v) is 16.1.